The monoisotopic (exact) mass is 590 g/mol. The Morgan fingerprint density at radius 1 is 0.886 bits per heavy atom. The highest BCUT2D eigenvalue weighted by Gasteiger charge is 2.18. The molecule has 0 spiro atoms. The molecule has 224 valence electrons. The zero-order chi connectivity index (χ0) is 30.0. The quantitative estimate of drug-likeness (QED) is 0.180. The summed E-state index contributed by atoms with van der Waals surface area (Å²) in [6, 6.07) is 17.0. The fourth-order valence-corrected chi connectivity index (χ4v) is 5.94. The van der Waals surface area contributed by atoms with Crippen LogP contribution in [-0.2, 0) is 0 Å². The van der Waals surface area contributed by atoms with E-state index in [0.29, 0.717) is 17.9 Å². The molecule has 2 N–H and O–H groups in total. The Bertz CT molecular complexity index is 1920. The third-order valence-corrected chi connectivity index (χ3v) is 8.22. The molecule has 1 aliphatic rings. The van der Waals surface area contributed by atoms with Crippen molar-refractivity contribution in [3.05, 3.63) is 79.0 Å². The van der Waals surface area contributed by atoms with E-state index in [2.05, 4.69) is 38.4 Å². The first-order valence-electron chi connectivity index (χ1n) is 15.2. The van der Waals surface area contributed by atoms with Crippen LogP contribution in [0.2, 0.25) is 0 Å². The number of pyridine rings is 2. The Labute approximate surface area is 255 Å². The molecule has 0 amide bonds. The number of nitrogens with one attached hydrogen (secondary N) is 2. The third kappa shape index (κ3) is 5.88. The van der Waals surface area contributed by atoms with Crippen molar-refractivity contribution < 1.29 is 13.9 Å². The van der Waals surface area contributed by atoms with Gasteiger partial charge in [-0.15, -0.1) is 0 Å². The SMILES string of the molecule is CN(C)CCOc1cc(F)cc(-c2cncc3[nH]c(-c4n[nH]c5cnc(-c6cccc(OC7CCCCC7)c6)cc45)cc23)c1. The number of rotatable bonds is 9. The topological polar surface area (TPSA) is 92.0 Å². The van der Waals surface area contributed by atoms with Gasteiger partial charge in [-0.2, -0.15) is 5.10 Å². The van der Waals surface area contributed by atoms with Gasteiger partial charge in [0, 0.05) is 40.7 Å². The van der Waals surface area contributed by atoms with Crippen molar-refractivity contribution >= 4 is 21.8 Å². The first-order valence-corrected chi connectivity index (χ1v) is 15.2. The molecule has 8 nitrogen and oxygen atoms in total. The van der Waals surface area contributed by atoms with Gasteiger partial charge in [-0.05, 0) is 81.7 Å². The molecule has 6 aromatic rings. The summed E-state index contributed by atoms with van der Waals surface area (Å²) in [5.74, 6) is 1.01. The van der Waals surface area contributed by atoms with Crippen molar-refractivity contribution in [2.45, 2.75) is 38.2 Å². The minimum Gasteiger partial charge on any atom is -0.492 e. The van der Waals surface area contributed by atoms with Gasteiger partial charge in [-0.3, -0.25) is 15.1 Å². The smallest absolute Gasteiger partial charge is 0.127 e. The molecule has 1 saturated carbocycles. The zero-order valence-corrected chi connectivity index (χ0v) is 24.9. The highest BCUT2D eigenvalue weighted by molar-refractivity contribution is 6.01. The number of hydrogen-bond donors (Lipinski definition) is 2. The lowest BCUT2D eigenvalue weighted by Crippen LogP contribution is -2.19. The van der Waals surface area contributed by atoms with Crippen LogP contribution in [0.3, 0.4) is 0 Å². The normalized spacial score (nSPS) is 14.1. The maximum absolute atomic E-state index is 14.7. The predicted octanol–water partition coefficient (Wildman–Crippen LogP) is 7.63. The maximum Gasteiger partial charge on any atom is 0.127 e. The van der Waals surface area contributed by atoms with Gasteiger partial charge < -0.3 is 19.4 Å². The average molecular weight is 591 g/mol. The van der Waals surface area contributed by atoms with Crippen LogP contribution in [-0.4, -0.2) is 63.4 Å². The van der Waals surface area contributed by atoms with Crippen LogP contribution in [0.25, 0.3) is 55.6 Å². The van der Waals surface area contributed by atoms with E-state index >= 15 is 0 Å². The van der Waals surface area contributed by atoms with E-state index < -0.39 is 0 Å². The van der Waals surface area contributed by atoms with Crippen molar-refractivity contribution in [2.75, 3.05) is 27.2 Å². The molecule has 0 atom stereocenters. The standard InChI is InChI=1S/C35H35FN6O2/c1-42(2)11-12-43-27-15-23(13-24(36)16-27)30-19-37-20-33-28(30)17-32(39-33)35-29-18-31(38-21-34(29)40-41-35)22-7-6-10-26(14-22)44-25-8-4-3-5-9-25/h6-7,10,13-21,25,39H,3-5,8-9,11-12H2,1-2H3,(H,40,41). The van der Waals surface area contributed by atoms with Gasteiger partial charge in [-0.25, -0.2) is 4.39 Å². The first-order chi connectivity index (χ1) is 21.5. The van der Waals surface area contributed by atoms with Gasteiger partial charge in [0.25, 0.3) is 0 Å². The van der Waals surface area contributed by atoms with E-state index in [9.17, 15) is 4.39 Å². The van der Waals surface area contributed by atoms with Gasteiger partial charge in [0.2, 0.25) is 0 Å². The summed E-state index contributed by atoms with van der Waals surface area (Å²) in [5.41, 5.74) is 6.59. The lowest BCUT2D eigenvalue weighted by atomic mass is 9.98. The Morgan fingerprint density at radius 3 is 2.61 bits per heavy atom. The fraction of sp³-hybridized carbons (Fsp3) is 0.286. The largest absolute Gasteiger partial charge is 0.492 e. The second-order valence-electron chi connectivity index (χ2n) is 11.8. The van der Waals surface area contributed by atoms with Crippen LogP contribution in [0.4, 0.5) is 4.39 Å². The van der Waals surface area contributed by atoms with Crippen LogP contribution in [0, 0.1) is 5.82 Å². The number of H-pyrrole nitrogens is 2. The second-order valence-corrected chi connectivity index (χ2v) is 11.8. The van der Waals surface area contributed by atoms with E-state index in [1.807, 2.05) is 49.5 Å². The molecule has 4 heterocycles. The van der Waals surface area contributed by atoms with Crippen LogP contribution in [0.5, 0.6) is 11.5 Å². The molecule has 0 aliphatic heterocycles. The molecular weight excluding hydrogens is 555 g/mol. The minimum absolute atomic E-state index is 0.283. The highest BCUT2D eigenvalue weighted by atomic mass is 19.1. The fourth-order valence-electron chi connectivity index (χ4n) is 5.94. The molecule has 0 saturated heterocycles. The van der Waals surface area contributed by atoms with E-state index in [-0.39, 0.29) is 11.9 Å². The van der Waals surface area contributed by atoms with Crippen LogP contribution in [0.15, 0.2) is 73.2 Å². The lowest BCUT2D eigenvalue weighted by Gasteiger charge is -2.23. The number of halogens is 1. The summed E-state index contributed by atoms with van der Waals surface area (Å²) in [7, 11) is 3.95. The summed E-state index contributed by atoms with van der Waals surface area (Å²) in [6.07, 6.45) is 11.6. The van der Waals surface area contributed by atoms with Crippen LogP contribution < -0.4 is 9.47 Å². The van der Waals surface area contributed by atoms with Gasteiger partial charge >= 0.3 is 0 Å². The molecule has 1 fully saturated rings. The van der Waals surface area contributed by atoms with Crippen molar-refractivity contribution in [1.82, 2.24) is 30.0 Å². The van der Waals surface area contributed by atoms with Crippen molar-refractivity contribution in [3.8, 4) is 45.3 Å². The summed E-state index contributed by atoms with van der Waals surface area (Å²) in [6.45, 7) is 1.20. The van der Waals surface area contributed by atoms with Crippen LogP contribution >= 0.6 is 0 Å². The number of aromatic nitrogens is 5. The number of likely N-dealkylation sites (N-methyl/N-ethyl adjacent to an activating group) is 1. The van der Waals surface area contributed by atoms with Crippen molar-refractivity contribution in [3.63, 3.8) is 0 Å². The number of nitrogens with zero attached hydrogens (tertiary/aromatic N) is 4. The Hall–Kier alpha value is -4.76. The highest BCUT2D eigenvalue weighted by Crippen LogP contribution is 2.36. The predicted molar refractivity (Wildman–Crippen MR) is 171 cm³/mol. The summed E-state index contributed by atoms with van der Waals surface area (Å²) in [5, 5.41) is 9.62. The number of ether oxygens (including phenoxy) is 2. The number of hydrogen-bond acceptors (Lipinski definition) is 6. The molecule has 1 aliphatic carbocycles. The van der Waals surface area contributed by atoms with Gasteiger partial charge in [0.05, 0.1) is 40.9 Å². The molecule has 9 heteroatoms. The molecule has 0 unspecified atom stereocenters. The third-order valence-electron chi connectivity index (χ3n) is 8.22. The molecule has 4 aromatic heterocycles. The molecule has 2 aromatic carbocycles. The molecule has 0 radical (unpaired) electrons. The maximum atomic E-state index is 14.7. The molecule has 0 bridgehead atoms. The van der Waals surface area contributed by atoms with E-state index in [1.54, 1.807) is 12.4 Å². The van der Waals surface area contributed by atoms with E-state index in [0.717, 1.165) is 75.2 Å². The summed E-state index contributed by atoms with van der Waals surface area (Å²) < 4.78 is 26.8. The molecular formula is C35H35FN6O2. The average Bonchev–Trinajstić information content (AvgIpc) is 3.65. The number of fused-ring (bicyclic) bond motifs is 2. The van der Waals surface area contributed by atoms with E-state index in [4.69, 9.17) is 14.5 Å². The molecule has 44 heavy (non-hydrogen) atoms. The minimum atomic E-state index is -0.360. The van der Waals surface area contributed by atoms with Crippen molar-refractivity contribution in [2.24, 2.45) is 0 Å². The number of benzene rings is 2. The number of aromatic amines is 2. The Balaban J connectivity index is 1.21. The van der Waals surface area contributed by atoms with E-state index in [1.165, 1.54) is 31.4 Å². The summed E-state index contributed by atoms with van der Waals surface area (Å²) in [4.78, 5) is 14.7. The zero-order valence-electron chi connectivity index (χ0n) is 24.9. The summed E-state index contributed by atoms with van der Waals surface area (Å²) >= 11 is 0. The lowest BCUT2D eigenvalue weighted by molar-refractivity contribution is 0.155. The Kier molecular flexibility index (Phi) is 7.70. The van der Waals surface area contributed by atoms with Crippen LogP contribution in [0.1, 0.15) is 32.1 Å². The van der Waals surface area contributed by atoms with Crippen molar-refractivity contribution in [1.29, 1.82) is 0 Å². The van der Waals surface area contributed by atoms with Gasteiger partial charge in [0.15, 0.2) is 0 Å². The Morgan fingerprint density at radius 2 is 1.75 bits per heavy atom. The second kappa shape index (κ2) is 12.1. The first kappa shape index (κ1) is 28.0. The van der Waals surface area contributed by atoms with Gasteiger partial charge in [-0.1, -0.05) is 18.6 Å². The van der Waals surface area contributed by atoms with Gasteiger partial charge in [0.1, 0.15) is 29.6 Å². The molecule has 7 rings (SSSR count).